The van der Waals surface area contributed by atoms with Crippen molar-refractivity contribution >= 4 is 0 Å². The Labute approximate surface area is 243 Å². The van der Waals surface area contributed by atoms with Crippen LogP contribution in [0.15, 0.2) is 24.3 Å². The van der Waals surface area contributed by atoms with Crippen LogP contribution in [0.5, 0.6) is 5.75 Å². The molecule has 3 heteroatoms. The summed E-state index contributed by atoms with van der Waals surface area (Å²) in [6.45, 7) is 21.3. The smallest absolute Gasteiger partial charge is 0.119 e. The molecular weight excluding hydrogens is 518 g/mol. The van der Waals surface area contributed by atoms with Crippen LogP contribution in [-0.4, -0.2) is 36.8 Å². The zero-order valence-electron chi connectivity index (χ0n) is 26.2. The molecule has 0 aliphatic rings. The molecule has 0 saturated heterocycles. The number of unbranched alkanes of at least 4 members (excludes halogenated alkanes) is 4. The second-order valence-electron chi connectivity index (χ2n) is 12.1. The average Bonchev–Trinajstić information content (AvgIpc) is 2.87. The van der Waals surface area contributed by atoms with Gasteiger partial charge in [0.1, 0.15) is 5.75 Å². The van der Waals surface area contributed by atoms with Gasteiger partial charge in [0.25, 0.3) is 0 Å². The maximum Gasteiger partial charge on any atom is 0.119 e. The summed E-state index contributed by atoms with van der Waals surface area (Å²) in [7, 11) is 1.78. The van der Waals surface area contributed by atoms with Crippen molar-refractivity contribution in [1.29, 1.82) is 0 Å². The predicted molar refractivity (Wildman–Crippen MR) is 161 cm³/mol. The van der Waals surface area contributed by atoms with Crippen molar-refractivity contribution in [2.24, 2.45) is 11.8 Å². The molecule has 0 amide bonds. The van der Waals surface area contributed by atoms with Crippen molar-refractivity contribution < 1.29 is 26.2 Å². The zero-order chi connectivity index (χ0) is 26.9. The summed E-state index contributed by atoms with van der Waals surface area (Å²) in [6.07, 6.45) is 18.7. The molecule has 218 valence electrons. The van der Waals surface area contributed by atoms with E-state index in [4.69, 9.17) is 4.74 Å². The molecule has 0 radical (unpaired) electrons. The second kappa shape index (κ2) is 20.4. The zero-order valence-corrected chi connectivity index (χ0v) is 27.8. The molecule has 1 rings (SSSR count). The van der Waals surface area contributed by atoms with Crippen LogP contribution in [0.2, 0.25) is 0 Å². The monoisotopic (exact) mass is 581 g/mol. The van der Waals surface area contributed by atoms with E-state index in [1.54, 1.807) is 7.11 Å². The van der Waals surface area contributed by atoms with Gasteiger partial charge in [-0.15, -0.1) is 0 Å². The molecule has 0 bridgehead atoms. The molecule has 0 aliphatic heterocycles. The Kier molecular flexibility index (Phi) is 20.1. The fraction of sp³-hybridized carbons (Fsp3) is 0.824. The Bertz CT molecular complexity index is 654. The van der Waals surface area contributed by atoms with Crippen LogP contribution in [-0.2, 0) is 6.42 Å². The Morgan fingerprint density at radius 3 is 1.81 bits per heavy atom. The van der Waals surface area contributed by atoms with Crippen molar-refractivity contribution in [3.8, 4) is 5.75 Å². The van der Waals surface area contributed by atoms with Crippen molar-refractivity contribution in [2.75, 3.05) is 26.7 Å². The molecule has 0 N–H and O–H groups in total. The fourth-order valence-electron chi connectivity index (χ4n) is 7.13. The average molecular weight is 583 g/mol. The van der Waals surface area contributed by atoms with Gasteiger partial charge in [-0.05, 0) is 62.6 Å². The molecule has 0 spiro atoms. The van der Waals surface area contributed by atoms with Crippen molar-refractivity contribution in [1.82, 2.24) is 0 Å². The van der Waals surface area contributed by atoms with Crippen LogP contribution >= 0.6 is 0 Å². The van der Waals surface area contributed by atoms with Gasteiger partial charge in [0.15, 0.2) is 0 Å². The number of rotatable bonds is 22. The normalized spacial score (nSPS) is 15.0. The molecule has 2 atom stereocenters. The molecule has 2 unspecified atom stereocenters. The highest BCUT2D eigenvalue weighted by atomic mass is 79.9. The number of hydrogen-bond donors (Lipinski definition) is 0. The number of aryl methyl sites for hydroxylation is 1. The van der Waals surface area contributed by atoms with Gasteiger partial charge in [-0.25, -0.2) is 0 Å². The molecule has 0 heterocycles. The summed E-state index contributed by atoms with van der Waals surface area (Å²) in [5, 5.41) is 0. The van der Waals surface area contributed by atoms with Crippen molar-refractivity contribution in [3.05, 3.63) is 29.8 Å². The van der Waals surface area contributed by atoms with Gasteiger partial charge in [-0.1, -0.05) is 99.1 Å². The van der Waals surface area contributed by atoms with Gasteiger partial charge in [-0.2, -0.15) is 0 Å². The highest BCUT2D eigenvalue weighted by molar-refractivity contribution is 5.28. The summed E-state index contributed by atoms with van der Waals surface area (Å²) in [5.41, 5.74) is 1.80. The summed E-state index contributed by atoms with van der Waals surface area (Å²) in [5.74, 6) is 2.60. The van der Waals surface area contributed by atoms with E-state index < -0.39 is 0 Å². The lowest BCUT2D eigenvalue weighted by molar-refractivity contribution is -0.983. The first-order valence-corrected chi connectivity index (χ1v) is 15.8. The molecule has 1 aromatic rings. The largest absolute Gasteiger partial charge is 1.00 e. The van der Waals surface area contributed by atoms with Crippen LogP contribution < -0.4 is 21.7 Å². The minimum absolute atomic E-state index is 0. The number of hydrogen-bond acceptors (Lipinski definition) is 1. The van der Waals surface area contributed by atoms with Gasteiger partial charge in [0, 0.05) is 18.3 Å². The first-order valence-electron chi connectivity index (χ1n) is 15.8. The highest BCUT2D eigenvalue weighted by Gasteiger charge is 2.48. The highest BCUT2D eigenvalue weighted by Crippen LogP contribution is 2.40. The van der Waals surface area contributed by atoms with Gasteiger partial charge in [-0.3, -0.25) is 0 Å². The van der Waals surface area contributed by atoms with Gasteiger partial charge < -0.3 is 26.2 Å². The Morgan fingerprint density at radius 2 is 1.35 bits per heavy atom. The third-order valence-corrected chi connectivity index (χ3v) is 9.14. The van der Waals surface area contributed by atoms with Gasteiger partial charge >= 0.3 is 0 Å². The minimum atomic E-state index is 0. The molecule has 37 heavy (non-hydrogen) atoms. The van der Waals surface area contributed by atoms with E-state index in [9.17, 15) is 0 Å². The third-order valence-electron chi connectivity index (χ3n) is 9.14. The number of ether oxygens (including phenoxy) is 1. The Morgan fingerprint density at radius 1 is 0.784 bits per heavy atom. The van der Waals surface area contributed by atoms with E-state index in [0.717, 1.165) is 24.0 Å². The first-order chi connectivity index (χ1) is 17.4. The summed E-state index contributed by atoms with van der Waals surface area (Å²) in [4.78, 5) is 0. The molecule has 0 saturated carbocycles. The van der Waals surface area contributed by atoms with E-state index in [-0.39, 0.29) is 17.0 Å². The Hall–Kier alpha value is -0.540. The van der Waals surface area contributed by atoms with Crippen LogP contribution in [0.25, 0.3) is 0 Å². The van der Waals surface area contributed by atoms with E-state index >= 15 is 0 Å². The first kappa shape index (κ1) is 36.5. The quantitative estimate of drug-likeness (QED) is 0.103. The Balaban J connectivity index is 0.0000130. The maximum absolute atomic E-state index is 5.50. The molecule has 0 aliphatic carbocycles. The summed E-state index contributed by atoms with van der Waals surface area (Å²) >= 11 is 0. The fourth-order valence-corrected chi connectivity index (χ4v) is 7.13. The lowest BCUT2D eigenvalue weighted by atomic mass is 9.79. The maximum atomic E-state index is 5.50. The number of halogens is 1. The molecule has 0 aromatic heterocycles. The van der Waals surface area contributed by atoms with Gasteiger partial charge in [0.2, 0.25) is 0 Å². The summed E-state index contributed by atoms with van der Waals surface area (Å²) < 4.78 is 6.85. The lowest BCUT2D eigenvalue weighted by Crippen LogP contribution is -3.00. The third kappa shape index (κ3) is 12.0. The minimum Gasteiger partial charge on any atom is -1.00 e. The molecular formula is C34H64BrNO. The topological polar surface area (TPSA) is 9.23 Å². The number of methoxy groups -OCH3 is 1. The lowest BCUT2D eigenvalue weighted by Gasteiger charge is -2.56. The number of benzene rings is 1. The SMILES string of the molecule is CCCCCC(C)C[N+](CCC)(CC(C)CCCCC)C(CC)(CC)CCCc1cccc(OC)c1.[Br-]. The van der Waals surface area contributed by atoms with Crippen molar-refractivity contribution in [3.63, 3.8) is 0 Å². The molecule has 2 nitrogen and oxygen atoms in total. The molecule has 1 aromatic carbocycles. The summed E-state index contributed by atoms with van der Waals surface area (Å²) in [6, 6.07) is 8.73. The number of nitrogens with zero attached hydrogens (tertiary/aromatic N) is 1. The van der Waals surface area contributed by atoms with E-state index in [1.165, 1.54) is 113 Å². The number of quaternary nitrogens is 1. The van der Waals surface area contributed by atoms with E-state index in [1.807, 2.05) is 0 Å². The molecule has 0 fully saturated rings. The predicted octanol–water partition coefficient (Wildman–Crippen LogP) is 7.24. The van der Waals surface area contributed by atoms with Crippen molar-refractivity contribution in [2.45, 2.75) is 144 Å². The van der Waals surface area contributed by atoms with Crippen LogP contribution in [0.1, 0.15) is 138 Å². The van der Waals surface area contributed by atoms with E-state index in [0.29, 0.717) is 5.54 Å². The standard InChI is InChI=1S/C34H64NO.BrH/c1-9-14-16-20-30(6)28-35(26-11-3,29-31(7)21-17-15-10-2)34(12-4,13-5)25-19-23-32-22-18-24-33(27-32)36-8;/h18,22,24,27,30-31H,9-17,19-21,23,25-26,28-29H2,1-8H3;1H/q+1;/p-1. The van der Waals surface area contributed by atoms with Crippen LogP contribution in [0.4, 0.5) is 0 Å². The second-order valence-corrected chi connectivity index (χ2v) is 12.1. The van der Waals surface area contributed by atoms with Gasteiger partial charge in [0.05, 0.1) is 32.3 Å². The van der Waals surface area contributed by atoms with Crippen LogP contribution in [0, 0.1) is 11.8 Å². The van der Waals surface area contributed by atoms with Crippen LogP contribution in [0.3, 0.4) is 0 Å². The van der Waals surface area contributed by atoms with E-state index in [2.05, 4.69) is 72.7 Å².